The summed E-state index contributed by atoms with van der Waals surface area (Å²) < 4.78 is 11.7. The maximum absolute atomic E-state index is 12.4. The average molecular weight is 504 g/mol. The van der Waals surface area contributed by atoms with Crippen LogP contribution in [0.3, 0.4) is 0 Å². The minimum absolute atomic E-state index is 0.138. The average Bonchev–Trinajstić information content (AvgIpc) is 3.17. The zero-order chi connectivity index (χ0) is 26.6. The van der Waals surface area contributed by atoms with Crippen molar-refractivity contribution in [2.45, 2.75) is 39.5 Å². The third-order valence-electron chi connectivity index (χ3n) is 5.69. The summed E-state index contributed by atoms with van der Waals surface area (Å²) in [4.78, 5) is 37.2. The molecule has 3 aromatic carbocycles. The first-order valence-corrected chi connectivity index (χ1v) is 11.8. The number of aliphatic hydroxyl groups is 1. The molecule has 9 nitrogen and oxygen atoms in total. The van der Waals surface area contributed by atoms with E-state index in [-0.39, 0.29) is 19.0 Å². The van der Waals surface area contributed by atoms with Crippen LogP contribution in [0.15, 0.2) is 80.8 Å². The zero-order valence-corrected chi connectivity index (χ0v) is 20.9. The van der Waals surface area contributed by atoms with Crippen LogP contribution in [0.4, 0.5) is 0 Å². The molecule has 1 aromatic heterocycles. The minimum atomic E-state index is -0.975. The Morgan fingerprint density at radius 1 is 1.05 bits per heavy atom. The standard InChI is InChI=1S/C28H29N3O6/c1-18-13-22(25(32)29-17-28(2,3)35)9-12-24(18)21-6-4-5-20(14-21)16-36-23-10-7-19(8-11-23)15-31-26(33)30-27(34)37-31/h4-14,35H,15-17H2,1-3H3,(H,29,32)(H,30,33,34). The van der Waals surface area contributed by atoms with Crippen molar-refractivity contribution in [2.24, 2.45) is 0 Å². The summed E-state index contributed by atoms with van der Waals surface area (Å²) in [6.45, 7) is 5.91. The van der Waals surface area contributed by atoms with Crippen LogP contribution >= 0.6 is 0 Å². The number of aromatic nitrogens is 2. The van der Waals surface area contributed by atoms with E-state index < -0.39 is 17.0 Å². The van der Waals surface area contributed by atoms with Gasteiger partial charge < -0.3 is 19.7 Å². The highest BCUT2D eigenvalue weighted by molar-refractivity contribution is 5.95. The molecule has 4 aromatic rings. The van der Waals surface area contributed by atoms with Crippen LogP contribution in [0.5, 0.6) is 5.75 Å². The second kappa shape index (κ2) is 10.7. The number of nitrogens with one attached hydrogen (secondary N) is 2. The Balaban J connectivity index is 1.39. The first kappa shape index (κ1) is 25.7. The molecule has 0 saturated heterocycles. The van der Waals surface area contributed by atoms with Crippen molar-refractivity contribution in [1.29, 1.82) is 0 Å². The van der Waals surface area contributed by atoms with E-state index in [1.165, 1.54) is 0 Å². The first-order chi connectivity index (χ1) is 17.6. The molecule has 0 unspecified atom stereocenters. The Bertz CT molecular complexity index is 1510. The van der Waals surface area contributed by atoms with Crippen molar-refractivity contribution in [3.63, 3.8) is 0 Å². The Morgan fingerprint density at radius 3 is 2.46 bits per heavy atom. The quantitative estimate of drug-likeness (QED) is 0.322. The fourth-order valence-corrected chi connectivity index (χ4v) is 3.80. The Labute approximate surface area is 213 Å². The van der Waals surface area contributed by atoms with Crippen LogP contribution in [-0.4, -0.2) is 32.9 Å². The lowest BCUT2D eigenvalue weighted by Gasteiger charge is -2.18. The normalized spacial score (nSPS) is 11.4. The summed E-state index contributed by atoms with van der Waals surface area (Å²) in [7, 11) is 0. The summed E-state index contributed by atoms with van der Waals surface area (Å²) in [6, 6.07) is 20.7. The van der Waals surface area contributed by atoms with Gasteiger partial charge in [0.2, 0.25) is 0 Å². The molecule has 3 N–H and O–H groups in total. The minimum Gasteiger partial charge on any atom is -0.489 e. The van der Waals surface area contributed by atoms with Gasteiger partial charge in [0, 0.05) is 12.1 Å². The zero-order valence-electron chi connectivity index (χ0n) is 20.9. The third-order valence-corrected chi connectivity index (χ3v) is 5.69. The van der Waals surface area contributed by atoms with Gasteiger partial charge in [-0.25, -0.2) is 14.6 Å². The number of rotatable bonds is 9. The Morgan fingerprint density at radius 2 is 1.81 bits per heavy atom. The van der Waals surface area contributed by atoms with Gasteiger partial charge >= 0.3 is 11.4 Å². The lowest BCUT2D eigenvalue weighted by Crippen LogP contribution is -2.38. The molecule has 0 bridgehead atoms. The number of hydrogen-bond donors (Lipinski definition) is 3. The highest BCUT2D eigenvalue weighted by Crippen LogP contribution is 2.26. The number of hydrogen-bond acceptors (Lipinski definition) is 6. The number of nitrogens with zero attached hydrogens (tertiary/aromatic N) is 1. The largest absolute Gasteiger partial charge is 0.489 e. The van der Waals surface area contributed by atoms with Crippen molar-refractivity contribution < 1.29 is 19.2 Å². The van der Waals surface area contributed by atoms with Crippen molar-refractivity contribution >= 4 is 5.91 Å². The summed E-state index contributed by atoms with van der Waals surface area (Å²) in [6.07, 6.45) is 0. The number of ether oxygens (including phenoxy) is 1. The molecule has 0 aliphatic heterocycles. The molecule has 1 amide bonds. The van der Waals surface area contributed by atoms with Crippen LogP contribution in [0.1, 0.15) is 40.9 Å². The van der Waals surface area contributed by atoms with Crippen molar-refractivity contribution in [3.05, 3.63) is 110 Å². The summed E-state index contributed by atoms with van der Waals surface area (Å²) in [5, 5.41) is 12.6. The van der Waals surface area contributed by atoms with Gasteiger partial charge in [0.15, 0.2) is 0 Å². The third kappa shape index (κ3) is 6.86. The van der Waals surface area contributed by atoms with E-state index in [0.29, 0.717) is 17.9 Å². The van der Waals surface area contributed by atoms with Gasteiger partial charge in [0.25, 0.3) is 5.91 Å². The maximum atomic E-state index is 12.4. The molecule has 0 atom stereocenters. The Hall–Kier alpha value is -4.37. The molecule has 0 aliphatic rings. The maximum Gasteiger partial charge on any atom is 0.440 e. The van der Waals surface area contributed by atoms with Crippen LogP contribution in [-0.2, 0) is 13.2 Å². The predicted octanol–water partition coefficient (Wildman–Crippen LogP) is 3.23. The molecule has 0 aliphatic carbocycles. The molecule has 192 valence electrons. The fraction of sp³-hybridized carbons (Fsp3) is 0.250. The summed E-state index contributed by atoms with van der Waals surface area (Å²) in [5.41, 5.74) is 3.72. The van der Waals surface area contributed by atoms with Gasteiger partial charge in [-0.2, -0.15) is 0 Å². The van der Waals surface area contributed by atoms with Gasteiger partial charge in [0.05, 0.1) is 12.1 Å². The van der Waals surface area contributed by atoms with Crippen molar-refractivity contribution in [3.8, 4) is 16.9 Å². The molecular formula is C28H29N3O6. The summed E-state index contributed by atoms with van der Waals surface area (Å²) >= 11 is 0. The molecule has 0 fully saturated rings. The van der Waals surface area contributed by atoms with Gasteiger partial charge in [-0.05, 0) is 78.9 Å². The number of H-pyrrole nitrogens is 1. The second-order valence-electron chi connectivity index (χ2n) is 9.50. The number of carbonyl (C=O) groups excluding carboxylic acids is 1. The van der Waals surface area contributed by atoms with Crippen molar-refractivity contribution in [2.75, 3.05) is 6.54 Å². The Kier molecular flexibility index (Phi) is 7.45. The highest BCUT2D eigenvalue weighted by Gasteiger charge is 2.15. The van der Waals surface area contributed by atoms with E-state index in [1.54, 1.807) is 44.2 Å². The molecule has 9 heteroatoms. The lowest BCUT2D eigenvalue weighted by molar-refractivity contribution is 0.0694. The topological polar surface area (TPSA) is 127 Å². The van der Waals surface area contributed by atoms with Crippen LogP contribution in [0, 0.1) is 6.92 Å². The monoisotopic (exact) mass is 503 g/mol. The van der Waals surface area contributed by atoms with E-state index in [4.69, 9.17) is 9.26 Å². The fourth-order valence-electron chi connectivity index (χ4n) is 3.80. The van der Waals surface area contributed by atoms with Crippen molar-refractivity contribution in [1.82, 2.24) is 15.0 Å². The van der Waals surface area contributed by atoms with Crippen LogP contribution < -0.4 is 21.5 Å². The smallest absolute Gasteiger partial charge is 0.440 e. The van der Waals surface area contributed by atoms with E-state index in [0.717, 1.165) is 32.6 Å². The molecule has 1 heterocycles. The predicted molar refractivity (Wildman–Crippen MR) is 139 cm³/mol. The van der Waals surface area contributed by atoms with E-state index in [1.807, 2.05) is 48.3 Å². The second-order valence-corrected chi connectivity index (χ2v) is 9.50. The highest BCUT2D eigenvalue weighted by atomic mass is 16.5. The van der Waals surface area contributed by atoms with Gasteiger partial charge in [0.1, 0.15) is 12.4 Å². The molecule has 0 spiro atoms. The molecular weight excluding hydrogens is 474 g/mol. The van der Waals surface area contributed by atoms with Crippen LogP contribution in [0.2, 0.25) is 0 Å². The SMILES string of the molecule is Cc1cc(C(=O)NCC(C)(C)O)ccc1-c1cccc(COc2ccc(Cn3oc(=O)[nH]c3=O)cc2)c1. The van der Waals surface area contributed by atoms with E-state index >= 15 is 0 Å². The van der Waals surface area contributed by atoms with Gasteiger partial charge in [-0.15, -0.1) is 4.74 Å². The summed E-state index contributed by atoms with van der Waals surface area (Å²) in [5.74, 6) is -0.352. The molecule has 0 radical (unpaired) electrons. The number of aromatic amines is 1. The first-order valence-electron chi connectivity index (χ1n) is 11.8. The number of benzene rings is 3. The van der Waals surface area contributed by atoms with Gasteiger partial charge in [-0.3, -0.25) is 4.79 Å². The van der Waals surface area contributed by atoms with E-state index in [2.05, 4.69) is 5.32 Å². The van der Waals surface area contributed by atoms with Gasteiger partial charge in [-0.1, -0.05) is 36.4 Å². The molecule has 4 rings (SSSR count). The molecule has 0 saturated carbocycles. The number of carbonyl (C=O) groups is 1. The lowest BCUT2D eigenvalue weighted by atomic mass is 9.97. The van der Waals surface area contributed by atoms with Crippen LogP contribution in [0.25, 0.3) is 11.1 Å². The number of aryl methyl sites for hydroxylation is 1. The molecule has 37 heavy (non-hydrogen) atoms. The number of amides is 1. The van der Waals surface area contributed by atoms with E-state index in [9.17, 15) is 19.5 Å².